The van der Waals surface area contributed by atoms with Gasteiger partial charge >= 0.3 is 0 Å². The Bertz CT molecular complexity index is 427. The van der Waals surface area contributed by atoms with Crippen molar-refractivity contribution >= 4 is 5.69 Å². The molecule has 1 saturated carbocycles. The maximum absolute atomic E-state index is 5.97. The van der Waals surface area contributed by atoms with Crippen molar-refractivity contribution in [3.8, 4) is 5.75 Å². The van der Waals surface area contributed by atoms with Gasteiger partial charge in [0.1, 0.15) is 5.75 Å². The molecule has 0 saturated heterocycles. The molecule has 0 spiro atoms. The fourth-order valence-electron chi connectivity index (χ4n) is 3.30. The molecule has 2 atom stereocenters. The van der Waals surface area contributed by atoms with Crippen LogP contribution in [0.15, 0.2) is 24.3 Å². The van der Waals surface area contributed by atoms with Crippen molar-refractivity contribution < 1.29 is 4.74 Å². The first-order valence-electron chi connectivity index (χ1n) is 8.56. The maximum atomic E-state index is 5.97. The highest BCUT2D eigenvalue weighted by atomic mass is 16.5. The second-order valence-corrected chi connectivity index (χ2v) is 7.14. The van der Waals surface area contributed by atoms with E-state index in [0.717, 1.165) is 29.9 Å². The first kappa shape index (κ1) is 16.2. The van der Waals surface area contributed by atoms with Gasteiger partial charge in [-0.1, -0.05) is 52.7 Å². The average Bonchev–Trinajstić information content (AvgIpc) is 2.46. The minimum absolute atomic E-state index is 0.552. The summed E-state index contributed by atoms with van der Waals surface area (Å²) in [6, 6.07) is 8.97. The average molecular weight is 289 g/mol. The molecule has 0 bridgehead atoms. The lowest BCUT2D eigenvalue weighted by Gasteiger charge is -2.36. The van der Waals surface area contributed by atoms with E-state index in [2.05, 4.69) is 57.3 Å². The Balaban J connectivity index is 2.07. The molecule has 2 rings (SSSR count). The third-order valence-electron chi connectivity index (χ3n) is 4.48. The number of nitrogens with one attached hydrogen (secondary N) is 1. The van der Waals surface area contributed by atoms with Crippen LogP contribution in [-0.2, 0) is 0 Å². The van der Waals surface area contributed by atoms with Crippen LogP contribution < -0.4 is 10.1 Å². The van der Waals surface area contributed by atoms with Gasteiger partial charge in [0, 0.05) is 6.04 Å². The van der Waals surface area contributed by atoms with Crippen molar-refractivity contribution in [2.45, 2.75) is 59.4 Å². The normalized spacial score (nSPS) is 22.6. The predicted octanol–water partition coefficient (Wildman–Crippen LogP) is 5.35. The van der Waals surface area contributed by atoms with Gasteiger partial charge in [-0.25, -0.2) is 0 Å². The number of hydrogen-bond acceptors (Lipinski definition) is 2. The summed E-state index contributed by atoms with van der Waals surface area (Å²) in [4.78, 5) is 0. The van der Waals surface area contributed by atoms with Crippen LogP contribution in [0.3, 0.4) is 0 Å². The second-order valence-electron chi connectivity index (χ2n) is 7.14. The van der Waals surface area contributed by atoms with Gasteiger partial charge in [-0.3, -0.25) is 0 Å². The molecule has 0 aromatic heterocycles. The highest BCUT2D eigenvalue weighted by Crippen LogP contribution is 2.34. The SMILES string of the molecule is CC(C)COc1ccccc1NC1CCCCC1C(C)C. The summed E-state index contributed by atoms with van der Waals surface area (Å²) in [5, 5.41) is 3.78. The molecule has 21 heavy (non-hydrogen) atoms. The van der Waals surface area contributed by atoms with Crippen LogP contribution in [0.2, 0.25) is 0 Å². The minimum Gasteiger partial charge on any atom is -0.491 e. The van der Waals surface area contributed by atoms with E-state index < -0.39 is 0 Å². The van der Waals surface area contributed by atoms with Crippen molar-refractivity contribution in [3.05, 3.63) is 24.3 Å². The van der Waals surface area contributed by atoms with Crippen LogP contribution >= 0.6 is 0 Å². The number of rotatable bonds is 6. The van der Waals surface area contributed by atoms with Gasteiger partial charge in [-0.15, -0.1) is 0 Å². The Morgan fingerprint density at radius 2 is 1.81 bits per heavy atom. The summed E-state index contributed by atoms with van der Waals surface area (Å²) in [7, 11) is 0. The number of ether oxygens (including phenoxy) is 1. The van der Waals surface area contributed by atoms with Gasteiger partial charge in [-0.05, 0) is 42.7 Å². The molecule has 2 unspecified atom stereocenters. The standard InChI is InChI=1S/C19H31NO/c1-14(2)13-21-19-12-8-7-11-18(19)20-17-10-6-5-9-16(17)15(3)4/h7-8,11-12,14-17,20H,5-6,9-10,13H2,1-4H3. The summed E-state index contributed by atoms with van der Waals surface area (Å²) < 4.78 is 5.97. The highest BCUT2D eigenvalue weighted by molar-refractivity contribution is 5.56. The fraction of sp³-hybridized carbons (Fsp3) is 0.684. The Morgan fingerprint density at radius 3 is 2.52 bits per heavy atom. The van der Waals surface area contributed by atoms with Gasteiger partial charge in [0.05, 0.1) is 12.3 Å². The molecule has 1 aliphatic rings. The Labute approximate surface area is 130 Å². The summed E-state index contributed by atoms with van der Waals surface area (Å²) in [6.45, 7) is 9.85. The zero-order chi connectivity index (χ0) is 15.2. The van der Waals surface area contributed by atoms with E-state index in [0.29, 0.717) is 12.0 Å². The van der Waals surface area contributed by atoms with E-state index in [4.69, 9.17) is 4.74 Å². The maximum Gasteiger partial charge on any atom is 0.142 e. The van der Waals surface area contributed by atoms with Crippen LogP contribution in [0.4, 0.5) is 5.69 Å². The van der Waals surface area contributed by atoms with Crippen LogP contribution in [-0.4, -0.2) is 12.6 Å². The molecular weight excluding hydrogens is 258 g/mol. The molecule has 1 fully saturated rings. The lowest BCUT2D eigenvalue weighted by molar-refractivity contribution is 0.250. The number of benzene rings is 1. The monoisotopic (exact) mass is 289 g/mol. The van der Waals surface area contributed by atoms with E-state index in [9.17, 15) is 0 Å². The molecule has 0 heterocycles. The molecule has 118 valence electrons. The van der Waals surface area contributed by atoms with Crippen molar-refractivity contribution in [3.63, 3.8) is 0 Å². The second kappa shape index (κ2) is 7.72. The zero-order valence-electron chi connectivity index (χ0n) is 14.1. The van der Waals surface area contributed by atoms with Crippen LogP contribution in [0, 0.1) is 17.8 Å². The number of hydrogen-bond donors (Lipinski definition) is 1. The van der Waals surface area contributed by atoms with Crippen molar-refractivity contribution in [1.82, 2.24) is 0 Å². The minimum atomic E-state index is 0.552. The molecule has 2 heteroatoms. The molecule has 1 N–H and O–H groups in total. The third kappa shape index (κ3) is 4.66. The molecule has 1 aromatic carbocycles. The van der Waals surface area contributed by atoms with Gasteiger partial charge in [0.25, 0.3) is 0 Å². The van der Waals surface area contributed by atoms with E-state index in [1.165, 1.54) is 25.7 Å². The summed E-state index contributed by atoms with van der Waals surface area (Å²) in [6.07, 6.45) is 5.36. The molecule has 2 nitrogen and oxygen atoms in total. The van der Waals surface area contributed by atoms with Gasteiger partial charge < -0.3 is 10.1 Å². The first-order valence-corrected chi connectivity index (χ1v) is 8.56. The molecule has 0 aliphatic heterocycles. The lowest BCUT2D eigenvalue weighted by atomic mass is 9.78. The topological polar surface area (TPSA) is 21.3 Å². The lowest BCUT2D eigenvalue weighted by Crippen LogP contribution is -2.35. The van der Waals surface area contributed by atoms with Crippen molar-refractivity contribution in [1.29, 1.82) is 0 Å². The van der Waals surface area contributed by atoms with Crippen LogP contribution in [0.25, 0.3) is 0 Å². The number of anilines is 1. The van der Waals surface area contributed by atoms with E-state index >= 15 is 0 Å². The molecule has 1 aromatic rings. The zero-order valence-corrected chi connectivity index (χ0v) is 14.1. The Morgan fingerprint density at radius 1 is 1.10 bits per heavy atom. The number of para-hydroxylation sites is 2. The smallest absolute Gasteiger partial charge is 0.142 e. The van der Waals surface area contributed by atoms with E-state index in [1.54, 1.807) is 0 Å². The molecular formula is C19H31NO. The predicted molar refractivity (Wildman–Crippen MR) is 91.0 cm³/mol. The van der Waals surface area contributed by atoms with E-state index in [1.807, 2.05) is 0 Å². The molecule has 0 radical (unpaired) electrons. The molecule has 1 aliphatic carbocycles. The summed E-state index contributed by atoms with van der Waals surface area (Å²) >= 11 is 0. The van der Waals surface area contributed by atoms with Gasteiger partial charge in [0.2, 0.25) is 0 Å². The quantitative estimate of drug-likeness (QED) is 0.762. The third-order valence-corrected chi connectivity index (χ3v) is 4.48. The van der Waals surface area contributed by atoms with E-state index in [-0.39, 0.29) is 0 Å². The van der Waals surface area contributed by atoms with Gasteiger partial charge in [-0.2, -0.15) is 0 Å². The highest BCUT2D eigenvalue weighted by Gasteiger charge is 2.27. The van der Waals surface area contributed by atoms with Crippen molar-refractivity contribution in [2.24, 2.45) is 17.8 Å². The first-order chi connectivity index (χ1) is 10.1. The largest absolute Gasteiger partial charge is 0.491 e. The summed E-state index contributed by atoms with van der Waals surface area (Å²) in [5.41, 5.74) is 1.16. The van der Waals surface area contributed by atoms with Crippen LogP contribution in [0.1, 0.15) is 53.4 Å². The van der Waals surface area contributed by atoms with Gasteiger partial charge in [0.15, 0.2) is 0 Å². The fourth-order valence-corrected chi connectivity index (χ4v) is 3.30. The Hall–Kier alpha value is -1.18. The molecule has 0 amide bonds. The summed E-state index contributed by atoms with van der Waals surface area (Å²) in [5.74, 6) is 3.07. The Kier molecular flexibility index (Phi) is 5.96. The van der Waals surface area contributed by atoms with Crippen molar-refractivity contribution in [2.75, 3.05) is 11.9 Å². The van der Waals surface area contributed by atoms with Crippen LogP contribution in [0.5, 0.6) is 5.75 Å².